The van der Waals surface area contributed by atoms with E-state index in [1.165, 1.54) is 0 Å². The molecule has 1 rings (SSSR count). The van der Waals surface area contributed by atoms with Crippen molar-refractivity contribution < 1.29 is 0 Å². The maximum atomic E-state index is 5.60. The molecule has 0 aromatic heterocycles. The van der Waals surface area contributed by atoms with Crippen molar-refractivity contribution in [2.45, 2.75) is 12.5 Å². The van der Waals surface area contributed by atoms with Crippen LogP contribution in [0.3, 0.4) is 0 Å². The molecule has 0 fully saturated rings. The molecule has 0 aliphatic heterocycles. The molecule has 0 atom stereocenters. The average Bonchev–Trinajstić information content (AvgIpc) is 1.84. The topological polar surface area (TPSA) is 26.0 Å². The molecule has 38 valence electrons. The van der Waals surface area contributed by atoms with E-state index >= 15 is 0 Å². The third kappa shape index (κ3) is 0.904. The molecule has 0 radical (unpaired) electrons. The fourth-order valence-corrected chi connectivity index (χ4v) is 0.581. The minimum atomic E-state index is -0.167. The van der Waals surface area contributed by atoms with Gasteiger partial charge in [0, 0.05) is 0 Å². The largest absolute Gasteiger partial charge is 0.319 e. The Labute approximate surface area is 43.5 Å². The van der Waals surface area contributed by atoms with Crippen LogP contribution in [0, 0.1) is 0 Å². The highest BCUT2D eigenvalue weighted by Crippen LogP contribution is 2.08. The molecular weight excluding hydrogens is 86.1 g/mol. The van der Waals surface area contributed by atoms with Gasteiger partial charge in [0.15, 0.2) is 0 Å². The van der Waals surface area contributed by atoms with Crippen molar-refractivity contribution >= 4 is 0 Å². The van der Waals surface area contributed by atoms with Crippen LogP contribution in [-0.4, -0.2) is 5.54 Å². The lowest BCUT2D eigenvalue weighted by molar-refractivity contribution is 0.746. The van der Waals surface area contributed by atoms with Crippen LogP contribution in [0.1, 0.15) is 6.92 Å². The normalized spacial score (nSPS) is 23.7. The van der Waals surface area contributed by atoms with Gasteiger partial charge in [0.1, 0.15) is 0 Å². The average molecular weight is 95.1 g/mol. The lowest BCUT2D eigenvalue weighted by atomic mass is 10.1. The van der Waals surface area contributed by atoms with Gasteiger partial charge >= 0.3 is 0 Å². The lowest BCUT2D eigenvalue weighted by Crippen LogP contribution is -2.28. The summed E-state index contributed by atoms with van der Waals surface area (Å²) in [6, 6.07) is 0. The van der Waals surface area contributed by atoms with Crippen molar-refractivity contribution in [1.82, 2.24) is 0 Å². The molecule has 0 bridgehead atoms. The molecule has 0 saturated heterocycles. The van der Waals surface area contributed by atoms with E-state index in [0.717, 1.165) is 0 Å². The Balaban J connectivity index is 2.77. The van der Waals surface area contributed by atoms with Crippen molar-refractivity contribution in [2.75, 3.05) is 0 Å². The van der Waals surface area contributed by atoms with Gasteiger partial charge in [-0.05, 0) is 6.92 Å². The summed E-state index contributed by atoms with van der Waals surface area (Å²) in [7, 11) is 0. The number of hydrogen-bond donors (Lipinski definition) is 1. The van der Waals surface area contributed by atoms with Crippen LogP contribution in [0.5, 0.6) is 0 Å². The molecule has 7 heavy (non-hydrogen) atoms. The van der Waals surface area contributed by atoms with E-state index in [1.54, 1.807) is 0 Å². The monoisotopic (exact) mass is 95.1 g/mol. The summed E-state index contributed by atoms with van der Waals surface area (Å²) in [5.74, 6) is 0. The number of rotatable bonds is 0. The first kappa shape index (κ1) is 4.60. The van der Waals surface area contributed by atoms with Crippen molar-refractivity contribution in [2.24, 2.45) is 5.73 Å². The summed E-state index contributed by atoms with van der Waals surface area (Å²) in [6.07, 6.45) is 7.85. The molecule has 0 aromatic carbocycles. The fraction of sp³-hybridized carbons (Fsp3) is 0.333. The molecule has 0 aromatic rings. The highest BCUT2D eigenvalue weighted by Gasteiger charge is 2.10. The van der Waals surface area contributed by atoms with E-state index in [1.807, 2.05) is 31.2 Å². The molecule has 0 unspecified atom stereocenters. The Kier molecular flexibility index (Phi) is 0.790. The highest BCUT2D eigenvalue weighted by atomic mass is 14.7. The van der Waals surface area contributed by atoms with Crippen LogP contribution >= 0.6 is 0 Å². The molecule has 1 aliphatic rings. The Hall–Kier alpha value is -0.560. The van der Waals surface area contributed by atoms with E-state index in [4.69, 9.17) is 5.73 Å². The minimum absolute atomic E-state index is 0.167. The highest BCUT2D eigenvalue weighted by molar-refractivity contribution is 5.27. The maximum Gasteiger partial charge on any atom is 0.0502 e. The van der Waals surface area contributed by atoms with Gasteiger partial charge < -0.3 is 5.73 Å². The zero-order valence-corrected chi connectivity index (χ0v) is 4.39. The first-order valence-electron chi connectivity index (χ1n) is 2.37. The predicted molar refractivity (Wildman–Crippen MR) is 30.9 cm³/mol. The minimum Gasteiger partial charge on any atom is -0.319 e. The molecular formula is C6H9N. The van der Waals surface area contributed by atoms with E-state index in [-0.39, 0.29) is 5.54 Å². The van der Waals surface area contributed by atoms with Gasteiger partial charge in [-0.3, -0.25) is 0 Å². The summed E-state index contributed by atoms with van der Waals surface area (Å²) in [5.41, 5.74) is 5.44. The Morgan fingerprint density at radius 1 is 1.29 bits per heavy atom. The van der Waals surface area contributed by atoms with E-state index in [0.29, 0.717) is 0 Å². The Morgan fingerprint density at radius 2 is 1.71 bits per heavy atom. The van der Waals surface area contributed by atoms with Crippen LogP contribution in [0.2, 0.25) is 0 Å². The standard InChI is InChI=1S/C6H9N/c1-6(7)4-2-3-5-6/h2-5H,7H2,1H3. The van der Waals surface area contributed by atoms with Crippen molar-refractivity contribution in [3.05, 3.63) is 24.3 Å². The molecule has 0 heterocycles. The first-order valence-corrected chi connectivity index (χ1v) is 2.37. The van der Waals surface area contributed by atoms with E-state index < -0.39 is 0 Å². The van der Waals surface area contributed by atoms with Gasteiger partial charge in [0.25, 0.3) is 0 Å². The Morgan fingerprint density at radius 3 is 1.86 bits per heavy atom. The van der Waals surface area contributed by atoms with Gasteiger partial charge in [-0.2, -0.15) is 0 Å². The molecule has 2 N–H and O–H groups in total. The van der Waals surface area contributed by atoms with Gasteiger partial charge in [-0.1, -0.05) is 24.3 Å². The van der Waals surface area contributed by atoms with Crippen LogP contribution in [0.15, 0.2) is 24.3 Å². The number of hydrogen-bond acceptors (Lipinski definition) is 1. The molecule has 1 aliphatic carbocycles. The van der Waals surface area contributed by atoms with Gasteiger partial charge in [-0.25, -0.2) is 0 Å². The fourth-order valence-electron chi connectivity index (χ4n) is 0.581. The van der Waals surface area contributed by atoms with Crippen molar-refractivity contribution in [3.63, 3.8) is 0 Å². The van der Waals surface area contributed by atoms with Gasteiger partial charge in [0.05, 0.1) is 5.54 Å². The summed E-state index contributed by atoms with van der Waals surface area (Å²) in [5, 5.41) is 0. The quantitative estimate of drug-likeness (QED) is 0.474. The zero-order valence-electron chi connectivity index (χ0n) is 4.39. The SMILES string of the molecule is CC1(N)C=CC=C1. The second kappa shape index (κ2) is 1.20. The molecule has 0 amide bonds. The van der Waals surface area contributed by atoms with Crippen LogP contribution in [0.4, 0.5) is 0 Å². The van der Waals surface area contributed by atoms with Crippen LogP contribution < -0.4 is 5.73 Å². The molecule has 1 nitrogen and oxygen atoms in total. The van der Waals surface area contributed by atoms with Crippen molar-refractivity contribution in [3.8, 4) is 0 Å². The summed E-state index contributed by atoms with van der Waals surface area (Å²) in [6.45, 7) is 1.97. The van der Waals surface area contributed by atoms with Crippen LogP contribution in [-0.2, 0) is 0 Å². The number of nitrogens with two attached hydrogens (primary N) is 1. The summed E-state index contributed by atoms with van der Waals surface area (Å²) < 4.78 is 0. The second-order valence-corrected chi connectivity index (χ2v) is 2.08. The molecule has 1 heteroatoms. The zero-order chi connectivity index (χ0) is 5.33. The first-order chi connectivity index (χ1) is 3.21. The van der Waals surface area contributed by atoms with Crippen molar-refractivity contribution in [1.29, 1.82) is 0 Å². The van der Waals surface area contributed by atoms with E-state index in [9.17, 15) is 0 Å². The molecule has 0 saturated carbocycles. The summed E-state index contributed by atoms with van der Waals surface area (Å²) in [4.78, 5) is 0. The summed E-state index contributed by atoms with van der Waals surface area (Å²) >= 11 is 0. The number of allylic oxidation sites excluding steroid dienone is 2. The second-order valence-electron chi connectivity index (χ2n) is 2.08. The van der Waals surface area contributed by atoms with Gasteiger partial charge in [-0.15, -0.1) is 0 Å². The van der Waals surface area contributed by atoms with Crippen LogP contribution in [0.25, 0.3) is 0 Å². The lowest BCUT2D eigenvalue weighted by Gasteiger charge is -2.08. The molecule has 0 spiro atoms. The predicted octanol–water partition coefficient (Wildman–Crippen LogP) is 0.830. The Bertz CT molecular complexity index is 106. The van der Waals surface area contributed by atoms with E-state index in [2.05, 4.69) is 0 Å². The van der Waals surface area contributed by atoms with Gasteiger partial charge in [0.2, 0.25) is 0 Å². The smallest absolute Gasteiger partial charge is 0.0502 e. The third-order valence-corrected chi connectivity index (χ3v) is 1.02. The maximum absolute atomic E-state index is 5.60. The third-order valence-electron chi connectivity index (χ3n) is 1.02.